The number of hydrogen-bond donors (Lipinski definition) is 0. The van der Waals surface area contributed by atoms with Crippen molar-refractivity contribution in [1.82, 2.24) is 0 Å². The van der Waals surface area contributed by atoms with Gasteiger partial charge < -0.3 is 14.2 Å². The first kappa shape index (κ1) is 75.4. The van der Waals surface area contributed by atoms with Crippen LogP contribution in [0.3, 0.4) is 0 Å². The van der Waals surface area contributed by atoms with E-state index in [-0.39, 0.29) is 31.1 Å². The number of allylic oxidation sites excluding steroid dienone is 8. The van der Waals surface area contributed by atoms with Crippen molar-refractivity contribution in [3.8, 4) is 0 Å². The molecule has 0 saturated heterocycles. The SMILES string of the molecule is CCCCCCC/C=C\C/C=C\C/C=C\CCCCCCCCCCCCCCC(=O)OCC(COC(=O)CCCCCCCC)OC(=O)CCCCCCCCCCCCCCCCC/C=C\CCCCCCCCCC. The quantitative estimate of drug-likeness (QED) is 0.0261. The molecule has 0 aliphatic rings. The van der Waals surface area contributed by atoms with Crippen LogP contribution < -0.4 is 0 Å². The molecule has 1 unspecified atom stereocenters. The van der Waals surface area contributed by atoms with Crippen LogP contribution in [-0.2, 0) is 28.6 Å². The van der Waals surface area contributed by atoms with E-state index < -0.39 is 6.10 Å². The molecule has 0 radical (unpaired) electrons. The molecule has 0 N–H and O–H groups in total. The van der Waals surface area contributed by atoms with Gasteiger partial charge in [0.15, 0.2) is 6.10 Å². The predicted molar refractivity (Wildman–Crippen MR) is 339 cm³/mol. The van der Waals surface area contributed by atoms with Gasteiger partial charge in [0, 0.05) is 19.3 Å². The average Bonchev–Trinajstić information content (AvgIpc) is 3.44. The van der Waals surface area contributed by atoms with Crippen LogP contribution in [0.25, 0.3) is 0 Å². The molecule has 0 aromatic carbocycles. The van der Waals surface area contributed by atoms with Gasteiger partial charge in [-0.1, -0.05) is 320 Å². The number of rotatable bonds is 64. The van der Waals surface area contributed by atoms with E-state index in [0.717, 1.165) is 70.6 Å². The van der Waals surface area contributed by atoms with Crippen molar-refractivity contribution >= 4 is 17.9 Å². The van der Waals surface area contributed by atoms with Crippen LogP contribution >= 0.6 is 0 Å². The molecule has 0 aromatic rings. The summed E-state index contributed by atoms with van der Waals surface area (Å²) in [5.41, 5.74) is 0. The number of carbonyl (C=O) groups is 3. The molecular weight excluding hydrogens is 961 g/mol. The third-order valence-corrected chi connectivity index (χ3v) is 15.6. The van der Waals surface area contributed by atoms with Crippen LogP contribution in [0, 0.1) is 0 Å². The molecule has 1 atom stereocenters. The molecule has 78 heavy (non-hydrogen) atoms. The van der Waals surface area contributed by atoms with Gasteiger partial charge in [0.25, 0.3) is 0 Å². The highest BCUT2D eigenvalue weighted by atomic mass is 16.6. The van der Waals surface area contributed by atoms with E-state index in [2.05, 4.69) is 69.4 Å². The van der Waals surface area contributed by atoms with E-state index >= 15 is 0 Å². The lowest BCUT2D eigenvalue weighted by molar-refractivity contribution is -0.167. The second kappa shape index (κ2) is 66.9. The Kier molecular flexibility index (Phi) is 64.6. The number of ether oxygens (including phenoxy) is 3. The smallest absolute Gasteiger partial charge is 0.306 e. The minimum absolute atomic E-state index is 0.0703. The minimum Gasteiger partial charge on any atom is -0.462 e. The molecule has 6 heteroatoms. The molecule has 0 heterocycles. The molecule has 0 fully saturated rings. The van der Waals surface area contributed by atoms with Crippen molar-refractivity contribution in [3.05, 3.63) is 48.6 Å². The summed E-state index contributed by atoms with van der Waals surface area (Å²) in [6, 6.07) is 0. The Morgan fingerprint density at radius 1 is 0.256 bits per heavy atom. The highest BCUT2D eigenvalue weighted by molar-refractivity contribution is 5.71. The third-order valence-electron chi connectivity index (χ3n) is 15.6. The molecule has 0 bridgehead atoms. The lowest BCUT2D eigenvalue weighted by atomic mass is 10.0. The van der Waals surface area contributed by atoms with Gasteiger partial charge in [0.1, 0.15) is 13.2 Å². The van der Waals surface area contributed by atoms with E-state index in [4.69, 9.17) is 14.2 Å². The van der Waals surface area contributed by atoms with Gasteiger partial charge in [0.2, 0.25) is 0 Å². The Labute approximate surface area is 486 Å². The first-order chi connectivity index (χ1) is 38.5. The first-order valence-corrected chi connectivity index (χ1v) is 34.6. The van der Waals surface area contributed by atoms with Gasteiger partial charge in [-0.15, -0.1) is 0 Å². The van der Waals surface area contributed by atoms with Crippen LogP contribution in [0.2, 0.25) is 0 Å². The van der Waals surface area contributed by atoms with Gasteiger partial charge >= 0.3 is 17.9 Å². The van der Waals surface area contributed by atoms with Crippen molar-refractivity contribution in [2.45, 2.75) is 380 Å². The van der Waals surface area contributed by atoms with Crippen LogP contribution in [0.15, 0.2) is 48.6 Å². The van der Waals surface area contributed by atoms with Gasteiger partial charge in [-0.2, -0.15) is 0 Å². The Morgan fingerprint density at radius 2 is 0.462 bits per heavy atom. The highest BCUT2D eigenvalue weighted by Crippen LogP contribution is 2.18. The standard InChI is InChI=1S/C72H132O6/c1-4-7-10-13-16-18-20-22-24-26-28-30-32-34-36-38-40-42-44-46-48-50-52-54-56-59-62-65-71(74)77-68-69(67-76-70(73)64-61-58-15-12-9-6-3)78-72(75)66-63-60-57-55-53-51-49-47-45-43-41-39-37-35-33-31-29-27-25-23-21-19-17-14-11-8-5-2/h20,22,26-29,32,34,69H,4-19,21,23-25,30-31,33,35-68H2,1-3H3/b22-20-,28-26-,29-27-,34-32-. The maximum absolute atomic E-state index is 12.9. The average molecular weight is 1090 g/mol. The summed E-state index contributed by atoms with van der Waals surface area (Å²) in [6.45, 7) is 6.62. The summed E-state index contributed by atoms with van der Waals surface area (Å²) < 4.78 is 16.9. The van der Waals surface area contributed by atoms with E-state index in [1.54, 1.807) is 0 Å². The third kappa shape index (κ3) is 64.2. The molecule has 6 nitrogen and oxygen atoms in total. The number of esters is 3. The second-order valence-electron chi connectivity index (χ2n) is 23.4. The molecule has 0 aromatic heterocycles. The van der Waals surface area contributed by atoms with Crippen LogP contribution in [-0.4, -0.2) is 37.2 Å². The lowest BCUT2D eigenvalue weighted by Crippen LogP contribution is -2.30. The summed E-state index contributed by atoms with van der Waals surface area (Å²) >= 11 is 0. The number of carbonyl (C=O) groups excluding carboxylic acids is 3. The number of unbranched alkanes of at least 4 members (excludes halogenated alkanes) is 45. The summed E-state index contributed by atoms with van der Waals surface area (Å²) in [7, 11) is 0. The zero-order chi connectivity index (χ0) is 56.4. The molecule has 0 spiro atoms. The molecule has 0 saturated carbocycles. The van der Waals surface area contributed by atoms with Crippen molar-refractivity contribution < 1.29 is 28.6 Å². The van der Waals surface area contributed by atoms with E-state index in [0.29, 0.717) is 19.3 Å². The lowest BCUT2D eigenvalue weighted by Gasteiger charge is -2.18. The zero-order valence-electron chi connectivity index (χ0n) is 52.5. The molecule has 0 aliphatic carbocycles. The van der Waals surface area contributed by atoms with Crippen LogP contribution in [0.5, 0.6) is 0 Å². The van der Waals surface area contributed by atoms with Crippen molar-refractivity contribution in [2.24, 2.45) is 0 Å². The summed E-state index contributed by atoms with van der Waals surface area (Å²) in [4.78, 5) is 38.1. The van der Waals surface area contributed by atoms with Gasteiger partial charge in [-0.25, -0.2) is 0 Å². The first-order valence-electron chi connectivity index (χ1n) is 34.6. The minimum atomic E-state index is -0.770. The molecule has 0 amide bonds. The molecule has 0 rings (SSSR count). The Balaban J connectivity index is 4.02. The Morgan fingerprint density at radius 3 is 0.731 bits per heavy atom. The largest absolute Gasteiger partial charge is 0.462 e. The van der Waals surface area contributed by atoms with Gasteiger partial charge in [0.05, 0.1) is 0 Å². The van der Waals surface area contributed by atoms with Crippen LogP contribution in [0.1, 0.15) is 374 Å². The fourth-order valence-corrected chi connectivity index (χ4v) is 10.3. The zero-order valence-corrected chi connectivity index (χ0v) is 52.5. The molecular formula is C72H132O6. The topological polar surface area (TPSA) is 78.9 Å². The van der Waals surface area contributed by atoms with Gasteiger partial charge in [-0.05, 0) is 83.5 Å². The Bertz CT molecular complexity index is 1350. The normalized spacial score (nSPS) is 12.3. The fraction of sp³-hybridized carbons (Fsp3) is 0.847. The Hall–Kier alpha value is -2.63. The van der Waals surface area contributed by atoms with Crippen molar-refractivity contribution in [2.75, 3.05) is 13.2 Å². The monoisotopic (exact) mass is 1090 g/mol. The fourth-order valence-electron chi connectivity index (χ4n) is 10.3. The van der Waals surface area contributed by atoms with Gasteiger partial charge in [-0.3, -0.25) is 14.4 Å². The maximum atomic E-state index is 12.9. The summed E-state index contributed by atoms with van der Waals surface area (Å²) in [5, 5.41) is 0. The van der Waals surface area contributed by atoms with E-state index in [9.17, 15) is 14.4 Å². The van der Waals surface area contributed by atoms with Crippen molar-refractivity contribution in [1.29, 1.82) is 0 Å². The van der Waals surface area contributed by atoms with E-state index in [1.165, 1.54) is 263 Å². The highest BCUT2D eigenvalue weighted by Gasteiger charge is 2.19. The second-order valence-corrected chi connectivity index (χ2v) is 23.4. The van der Waals surface area contributed by atoms with Crippen molar-refractivity contribution in [3.63, 3.8) is 0 Å². The van der Waals surface area contributed by atoms with Crippen LogP contribution in [0.4, 0.5) is 0 Å². The van der Waals surface area contributed by atoms with E-state index in [1.807, 2.05) is 0 Å². The molecule has 456 valence electrons. The number of hydrogen-bond acceptors (Lipinski definition) is 6. The predicted octanol–water partition coefficient (Wildman–Crippen LogP) is 23.7. The summed E-state index contributed by atoms with van der Waals surface area (Å²) in [5.74, 6) is -0.860. The maximum Gasteiger partial charge on any atom is 0.306 e. The molecule has 0 aliphatic heterocycles. The summed E-state index contributed by atoms with van der Waals surface area (Å²) in [6.07, 6.45) is 84.6.